The van der Waals surface area contributed by atoms with E-state index < -0.39 is 0 Å². The fraction of sp³-hybridized carbons (Fsp3) is 0.667. The summed E-state index contributed by atoms with van der Waals surface area (Å²) in [5.41, 5.74) is 0.952. The van der Waals surface area contributed by atoms with E-state index in [2.05, 4.69) is 15.3 Å². The number of halogens is 1. The average Bonchev–Trinajstić information content (AvgIpc) is 2.29. The van der Waals surface area contributed by atoms with E-state index in [4.69, 9.17) is 16.3 Å². The lowest BCUT2D eigenvalue weighted by molar-refractivity contribution is 0.324. The third-order valence-corrected chi connectivity index (χ3v) is 2.61. The Hall–Kier alpha value is -1.03. The first-order valence-electron chi connectivity index (χ1n) is 5.97. The Morgan fingerprint density at radius 3 is 2.88 bits per heavy atom. The maximum absolute atomic E-state index is 5.88. The van der Waals surface area contributed by atoms with Gasteiger partial charge in [-0.3, -0.25) is 0 Å². The number of alkyl halides is 1. The third-order valence-electron chi connectivity index (χ3n) is 2.39. The second-order valence-corrected chi connectivity index (χ2v) is 4.68. The summed E-state index contributed by atoms with van der Waals surface area (Å²) in [6, 6.07) is 0. The molecule has 0 saturated carbocycles. The Morgan fingerprint density at radius 1 is 1.47 bits per heavy atom. The van der Waals surface area contributed by atoms with Gasteiger partial charge in [0.15, 0.2) is 0 Å². The van der Waals surface area contributed by atoms with E-state index in [9.17, 15) is 0 Å². The summed E-state index contributed by atoms with van der Waals surface area (Å²) in [5, 5.41) is 3.50. The fourth-order valence-corrected chi connectivity index (χ4v) is 1.64. The van der Waals surface area contributed by atoms with Crippen LogP contribution in [0.3, 0.4) is 0 Å². The molecule has 1 N–H and O–H groups in total. The minimum Gasteiger partial charge on any atom is -0.478 e. The van der Waals surface area contributed by atoms with Gasteiger partial charge in [-0.2, -0.15) is 0 Å². The van der Waals surface area contributed by atoms with E-state index in [-0.39, 0.29) is 5.38 Å². The molecule has 0 aliphatic carbocycles. The lowest BCUT2D eigenvalue weighted by Gasteiger charge is -2.11. The zero-order valence-electron chi connectivity index (χ0n) is 10.7. The SMILES string of the molecule is CCOc1ncnc(NCCCC(C)Cl)c1C. The van der Waals surface area contributed by atoms with Gasteiger partial charge in [-0.25, -0.2) is 9.97 Å². The van der Waals surface area contributed by atoms with Crippen LogP contribution in [0.1, 0.15) is 32.3 Å². The first-order chi connectivity index (χ1) is 8.15. The summed E-state index contributed by atoms with van der Waals surface area (Å²) in [5.74, 6) is 1.49. The van der Waals surface area contributed by atoms with E-state index in [1.54, 1.807) is 0 Å². The number of ether oxygens (including phenoxy) is 1. The van der Waals surface area contributed by atoms with Crippen LogP contribution in [-0.4, -0.2) is 28.5 Å². The van der Waals surface area contributed by atoms with Crippen LogP contribution in [-0.2, 0) is 0 Å². The zero-order chi connectivity index (χ0) is 12.7. The molecule has 0 spiro atoms. The van der Waals surface area contributed by atoms with E-state index in [0.717, 1.165) is 30.8 Å². The van der Waals surface area contributed by atoms with E-state index >= 15 is 0 Å². The Labute approximate surface area is 108 Å². The van der Waals surface area contributed by atoms with Crippen LogP contribution in [0, 0.1) is 6.92 Å². The summed E-state index contributed by atoms with van der Waals surface area (Å²) in [6.45, 7) is 7.38. The van der Waals surface area contributed by atoms with Crippen LogP contribution in [0.5, 0.6) is 5.88 Å². The standard InChI is InChI=1S/C12H20ClN3O/c1-4-17-12-10(3)11(15-8-16-12)14-7-5-6-9(2)13/h8-9H,4-7H2,1-3H3,(H,14,15,16). The van der Waals surface area contributed by atoms with Crippen molar-refractivity contribution >= 4 is 17.4 Å². The molecule has 17 heavy (non-hydrogen) atoms. The highest BCUT2D eigenvalue weighted by atomic mass is 35.5. The van der Waals surface area contributed by atoms with Crippen LogP contribution < -0.4 is 10.1 Å². The topological polar surface area (TPSA) is 47.0 Å². The minimum atomic E-state index is 0.224. The fourth-order valence-electron chi connectivity index (χ4n) is 1.48. The average molecular weight is 258 g/mol. The first kappa shape index (κ1) is 14.0. The molecule has 1 unspecified atom stereocenters. The summed E-state index contributed by atoms with van der Waals surface area (Å²) in [7, 11) is 0. The van der Waals surface area contributed by atoms with Gasteiger partial charge < -0.3 is 10.1 Å². The monoisotopic (exact) mass is 257 g/mol. The van der Waals surface area contributed by atoms with Crippen molar-refractivity contribution in [2.45, 2.75) is 39.0 Å². The molecular formula is C12H20ClN3O. The Balaban J connectivity index is 2.50. The van der Waals surface area contributed by atoms with E-state index in [0.29, 0.717) is 12.5 Å². The van der Waals surface area contributed by atoms with Crippen molar-refractivity contribution in [3.63, 3.8) is 0 Å². The Bertz CT molecular complexity index is 345. The number of aromatic nitrogens is 2. The molecule has 0 radical (unpaired) electrons. The highest BCUT2D eigenvalue weighted by Crippen LogP contribution is 2.20. The van der Waals surface area contributed by atoms with Crippen molar-refractivity contribution in [2.75, 3.05) is 18.5 Å². The molecule has 1 atom stereocenters. The van der Waals surface area contributed by atoms with Gasteiger partial charge >= 0.3 is 0 Å². The molecule has 1 rings (SSSR count). The van der Waals surface area contributed by atoms with Gasteiger partial charge in [0, 0.05) is 11.9 Å². The molecule has 96 valence electrons. The molecule has 1 heterocycles. The highest BCUT2D eigenvalue weighted by Gasteiger charge is 2.07. The number of anilines is 1. The normalized spacial score (nSPS) is 12.2. The molecule has 0 saturated heterocycles. The quantitative estimate of drug-likeness (QED) is 0.603. The summed E-state index contributed by atoms with van der Waals surface area (Å²) in [4.78, 5) is 8.29. The Kier molecular flexibility index (Phi) is 6.05. The van der Waals surface area contributed by atoms with Crippen molar-refractivity contribution in [1.82, 2.24) is 9.97 Å². The van der Waals surface area contributed by atoms with Crippen LogP contribution in [0.25, 0.3) is 0 Å². The number of rotatable bonds is 7. The second kappa shape index (κ2) is 7.33. The lowest BCUT2D eigenvalue weighted by Crippen LogP contribution is -2.08. The molecular weight excluding hydrogens is 238 g/mol. The van der Waals surface area contributed by atoms with Crippen molar-refractivity contribution in [1.29, 1.82) is 0 Å². The predicted molar refractivity (Wildman–Crippen MR) is 71.0 cm³/mol. The smallest absolute Gasteiger partial charge is 0.221 e. The van der Waals surface area contributed by atoms with Crippen molar-refractivity contribution in [3.8, 4) is 5.88 Å². The van der Waals surface area contributed by atoms with Crippen molar-refractivity contribution in [3.05, 3.63) is 11.9 Å². The van der Waals surface area contributed by atoms with Crippen molar-refractivity contribution < 1.29 is 4.74 Å². The van der Waals surface area contributed by atoms with Crippen LogP contribution >= 0.6 is 11.6 Å². The van der Waals surface area contributed by atoms with Gasteiger partial charge in [-0.05, 0) is 33.6 Å². The minimum absolute atomic E-state index is 0.224. The van der Waals surface area contributed by atoms with Gasteiger partial charge in [-0.15, -0.1) is 11.6 Å². The number of nitrogens with one attached hydrogen (secondary N) is 1. The van der Waals surface area contributed by atoms with Crippen LogP contribution in [0.15, 0.2) is 6.33 Å². The van der Waals surface area contributed by atoms with Gasteiger partial charge in [-0.1, -0.05) is 0 Å². The molecule has 0 amide bonds. The molecule has 1 aromatic heterocycles. The van der Waals surface area contributed by atoms with E-state index in [1.165, 1.54) is 6.33 Å². The van der Waals surface area contributed by atoms with Gasteiger partial charge in [0.2, 0.25) is 5.88 Å². The maximum atomic E-state index is 5.88. The molecule has 0 aromatic carbocycles. The Morgan fingerprint density at radius 2 is 2.24 bits per heavy atom. The number of hydrogen-bond donors (Lipinski definition) is 1. The van der Waals surface area contributed by atoms with Crippen LogP contribution in [0.4, 0.5) is 5.82 Å². The summed E-state index contributed by atoms with van der Waals surface area (Å²) < 4.78 is 5.41. The number of nitrogens with zero attached hydrogens (tertiary/aromatic N) is 2. The second-order valence-electron chi connectivity index (χ2n) is 3.94. The molecule has 1 aromatic rings. The molecule has 0 aliphatic rings. The van der Waals surface area contributed by atoms with E-state index in [1.807, 2.05) is 20.8 Å². The molecule has 0 fully saturated rings. The molecule has 0 bridgehead atoms. The van der Waals surface area contributed by atoms with Crippen molar-refractivity contribution in [2.24, 2.45) is 0 Å². The third kappa shape index (κ3) is 4.77. The zero-order valence-corrected chi connectivity index (χ0v) is 11.4. The summed E-state index contributed by atoms with van der Waals surface area (Å²) >= 11 is 5.88. The van der Waals surface area contributed by atoms with Gasteiger partial charge in [0.05, 0.1) is 12.2 Å². The largest absolute Gasteiger partial charge is 0.478 e. The molecule has 0 aliphatic heterocycles. The van der Waals surface area contributed by atoms with Gasteiger partial charge in [0.25, 0.3) is 0 Å². The maximum Gasteiger partial charge on any atom is 0.221 e. The highest BCUT2D eigenvalue weighted by molar-refractivity contribution is 6.20. The predicted octanol–water partition coefficient (Wildman–Crippen LogP) is 3.00. The molecule has 4 nitrogen and oxygen atoms in total. The molecule has 5 heteroatoms. The first-order valence-corrected chi connectivity index (χ1v) is 6.41. The number of hydrogen-bond acceptors (Lipinski definition) is 4. The van der Waals surface area contributed by atoms with Gasteiger partial charge in [0.1, 0.15) is 12.1 Å². The van der Waals surface area contributed by atoms with Crippen LogP contribution in [0.2, 0.25) is 0 Å². The lowest BCUT2D eigenvalue weighted by atomic mass is 10.2. The summed E-state index contributed by atoms with van der Waals surface area (Å²) in [6.07, 6.45) is 3.54.